The maximum atomic E-state index is 6.31. The first kappa shape index (κ1) is 14.3. The number of nitrogens with zero attached hydrogens (tertiary/aromatic N) is 3. The summed E-state index contributed by atoms with van der Waals surface area (Å²) in [5.74, 6) is 0.958. The molecule has 0 radical (unpaired) electrons. The zero-order chi connectivity index (χ0) is 15.7. The van der Waals surface area contributed by atoms with Crippen molar-refractivity contribution in [1.82, 2.24) is 15.0 Å². The normalized spacial score (nSPS) is 11.1. The summed E-state index contributed by atoms with van der Waals surface area (Å²) in [6.45, 7) is 6.38. The number of nitrogen functional groups attached to an aromatic ring is 1. The van der Waals surface area contributed by atoms with E-state index in [1.807, 2.05) is 30.3 Å². The second-order valence-electron chi connectivity index (χ2n) is 5.81. The summed E-state index contributed by atoms with van der Waals surface area (Å²) in [5.41, 5.74) is 11.4. The molecule has 3 rings (SSSR count). The van der Waals surface area contributed by atoms with Gasteiger partial charge in [-0.2, -0.15) is 4.68 Å². The van der Waals surface area contributed by atoms with Crippen molar-refractivity contribution in [3.8, 4) is 16.9 Å². The van der Waals surface area contributed by atoms with E-state index in [4.69, 9.17) is 5.73 Å². The van der Waals surface area contributed by atoms with Crippen molar-refractivity contribution < 1.29 is 0 Å². The summed E-state index contributed by atoms with van der Waals surface area (Å²) in [7, 11) is 0. The van der Waals surface area contributed by atoms with Crippen molar-refractivity contribution in [3.63, 3.8) is 0 Å². The summed E-state index contributed by atoms with van der Waals surface area (Å²) in [6.07, 6.45) is 0. The monoisotopic (exact) mass is 292 g/mol. The molecule has 0 saturated carbocycles. The Labute approximate surface area is 130 Å². The van der Waals surface area contributed by atoms with Crippen LogP contribution in [0.3, 0.4) is 0 Å². The van der Waals surface area contributed by atoms with Gasteiger partial charge < -0.3 is 5.73 Å². The van der Waals surface area contributed by atoms with Gasteiger partial charge in [-0.25, -0.2) is 0 Å². The molecule has 0 atom stereocenters. The summed E-state index contributed by atoms with van der Waals surface area (Å²) in [5, 5.41) is 8.55. The van der Waals surface area contributed by atoms with Crippen LogP contribution >= 0.6 is 0 Å². The Kier molecular flexibility index (Phi) is 3.67. The fraction of sp³-hybridized carbons (Fsp3) is 0.222. The largest absolute Gasteiger partial charge is 0.382 e. The zero-order valence-corrected chi connectivity index (χ0v) is 13.1. The number of hydrogen-bond donors (Lipinski definition) is 1. The second kappa shape index (κ2) is 5.64. The molecule has 0 aliphatic carbocycles. The SMILES string of the molecule is Cc1ccc(-c2nnn(-c3ccccc3C(C)C)c2N)cc1. The first-order valence-corrected chi connectivity index (χ1v) is 7.45. The minimum atomic E-state index is 0.391. The molecule has 1 aromatic heterocycles. The molecule has 0 bridgehead atoms. The number of hydrogen-bond acceptors (Lipinski definition) is 3. The van der Waals surface area contributed by atoms with Crippen molar-refractivity contribution >= 4 is 5.82 Å². The smallest absolute Gasteiger partial charge is 0.155 e. The number of benzene rings is 2. The van der Waals surface area contributed by atoms with Crippen LogP contribution in [0.25, 0.3) is 16.9 Å². The molecule has 0 unspecified atom stereocenters. The average molecular weight is 292 g/mol. The Morgan fingerprint density at radius 1 is 1.00 bits per heavy atom. The maximum absolute atomic E-state index is 6.31. The molecule has 0 aliphatic rings. The van der Waals surface area contributed by atoms with E-state index in [2.05, 4.69) is 49.3 Å². The van der Waals surface area contributed by atoms with Crippen LogP contribution < -0.4 is 5.73 Å². The molecular formula is C18H20N4. The van der Waals surface area contributed by atoms with Crippen LogP contribution in [0.4, 0.5) is 5.82 Å². The van der Waals surface area contributed by atoms with E-state index < -0.39 is 0 Å². The Bertz CT molecular complexity index is 785. The zero-order valence-electron chi connectivity index (χ0n) is 13.1. The van der Waals surface area contributed by atoms with E-state index >= 15 is 0 Å². The molecule has 112 valence electrons. The lowest BCUT2D eigenvalue weighted by atomic mass is 10.0. The quantitative estimate of drug-likeness (QED) is 0.795. The molecular weight excluding hydrogens is 272 g/mol. The number of aromatic nitrogens is 3. The lowest BCUT2D eigenvalue weighted by molar-refractivity contribution is 0.776. The standard InChI is InChI=1S/C18H20N4/c1-12(2)15-6-4-5-7-16(15)22-18(19)17(20-21-22)14-10-8-13(3)9-11-14/h4-12H,19H2,1-3H3. The molecule has 0 spiro atoms. The fourth-order valence-electron chi connectivity index (χ4n) is 2.55. The number of aryl methyl sites for hydroxylation is 1. The van der Waals surface area contributed by atoms with Gasteiger partial charge in [0.25, 0.3) is 0 Å². The van der Waals surface area contributed by atoms with Gasteiger partial charge in [0.1, 0.15) is 5.69 Å². The van der Waals surface area contributed by atoms with Gasteiger partial charge in [0.2, 0.25) is 0 Å². The second-order valence-corrected chi connectivity index (χ2v) is 5.81. The van der Waals surface area contributed by atoms with E-state index in [1.54, 1.807) is 4.68 Å². The predicted octanol–water partition coefficient (Wildman–Crippen LogP) is 3.95. The van der Waals surface area contributed by atoms with E-state index in [0.29, 0.717) is 11.7 Å². The Hall–Kier alpha value is -2.62. The van der Waals surface area contributed by atoms with Gasteiger partial charge >= 0.3 is 0 Å². The number of anilines is 1. The van der Waals surface area contributed by atoms with Gasteiger partial charge in [-0.1, -0.05) is 67.1 Å². The third-order valence-corrected chi connectivity index (χ3v) is 3.82. The molecule has 0 amide bonds. The summed E-state index contributed by atoms with van der Waals surface area (Å²) < 4.78 is 1.73. The van der Waals surface area contributed by atoms with Crippen molar-refractivity contribution in [1.29, 1.82) is 0 Å². The average Bonchev–Trinajstić information content (AvgIpc) is 2.89. The predicted molar refractivity (Wildman–Crippen MR) is 90.0 cm³/mol. The number of rotatable bonds is 3. The minimum Gasteiger partial charge on any atom is -0.382 e. The lowest BCUT2D eigenvalue weighted by Crippen LogP contribution is -2.06. The fourth-order valence-corrected chi connectivity index (χ4v) is 2.55. The van der Waals surface area contributed by atoms with Crippen molar-refractivity contribution in [2.24, 2.45) is 0 Å². The van der Waals surface area contributed by atoms with Crippen LogP contribution in [0.15, 0.2) is 48.5 Å². The highest BCUT2D eigenvalue weighted by Gasteiger charge is 2.16. The van der Waals surface area contributed by atoms with Gasteiger partial charge in [-0.15, -0.1) is 5.10 Å². The Balaban J connectivity index is 2.10. The van der Waals surface area contributed by atoms with Crippen molar-refractivity contribution in [2.45, 2.75) is 26.7 Å². The first-order chi connectivity index (χ1) is 10.6. The topological polar surface area (TPSA) is 56.7 Å². The lowest BCUT2D eigenvalue weighted by Gasteiger charge is -2.12. The van der Waals surface area contributed by atoms with Gasteiger partial charge in [0.05, 0.1) is 5.69 Å². The maximum Gasteiger partial charge on any atom is 0.155 e. The number of para-hydroxylation sites is 1. The van der Waals surface area contributed by atoms with E-state index in [-0.39, 0.29) is 0 Å². The van der Waals surface area contributed by atoms with Crippen LogP contribution in [0.5, 0.6) is 0 Å². The van der Waals surface area contributed by atoms with Gasteiger partial charge in [0.15, 0.2) is 5.82 Å². The van der Waals surface area contributed by atoms with E-state index in [9.17, 15) is 0 Å². The van der Waals surface area contributed by atoms with Crippen LogP contribution in [0.1, 0.15) is 30.9 Å². The van der Waals surface area contributed by atoms with Crippen LogP contribution in [-0.4, -0.2) is 15.0 Å². The molecule has 4 heteroatoms. The Morgan fingerprint density at radius 2 is 1.68 bits per heavy atom. The summed E-state index contributed by atoms with van der Waals surface area (Å²) >= 11 is 0. The summed E-state index contributed by atoms with van der Waals surface area (Å²) in [6, 6.07) is 16.3. The molecule has 0 aliphatic heterocycles. The van der Waals surface area contributed by atoms with Gasteiger partial charge in [-0.3, -0.25) is 0 Å². The van der Waals surface area contributed by atoms with E-state index in [1.165, 1.54) is 11.1 Å². The summed E-state index contributed by atoms with van der Waals surface area (Å²) in [4.78, 5) is 0. The van der Waals surface area contributed by atoms with Crippen LogP contribution in [0, 0.1) is 6.92 Å². The van der Waals surface area contributed by atoms with Crippen molar-refractivity contribution in [2.75, 3.05) is 5.73 Å². The highest BCUT2D eigenvalue weighted by molar-refractivity contribution is 5.71. The van der Waals surface area contributed by atoms with Crippen LogP contribution in [-0.2, 0) is 0 Å². The van der Waals surface area contributed by atoms with E-state index in [0.717, 1.165) is 16.9 Å². The molecule has 22 heavy (non-hydrogen) atoms. The molecule has 2 N–H and O–H groups in total. The third kappa shape index (κ3) is 2.48. The Morgan fingerprint density at radius 3 is 2.36 bits per heavy atom. The molecule has 2 aromatic carbocycles. The molecule has 4 nitrogen and oxygen atoms in total. The molecule has 0 fully saturated rings. The van der Waals surface area contributed by atoms with Gasteiger partial charge in [-0.05, 0) is 24.5 Å². The molecule has 0 saturated heterocycles. The number of nitrogens with two attached hydrogens (primary N) is 1. The van der Waals surface area contributed by atoms with Crippen molar-refractivity contribution in [3.05, 3.63) is 59.7 Å². The highest BCUT2D eigenvalue weighted by atomic mass is 15.5. The molecule has 1 heterocycles. The highest BCUT2D eigenvalue weighted by Crippen LogP contribution is 2.29. The third-order valence-electron chi connectivity index (χ3n) is 3.82. The first-order valence-electron chi connectivity index (χ1n) is 7.45. The molecule has 3 aromatic rings. The van der Waals surface area contributed by atoms with Gasteiger partial charge in [0, 0.05) is 5.56 Å². The van der Waals surface area contributed by atoms with Crippen LogP contribution in [0.2, 0.25) is 0 Å². The minimum absolute atomic E-state index is 0.391.